The lowest BCUT2D eigenvalue weighted by molar-refractivity contribution is -0.120. The molecular formula is C23H27FN4O3. The molecule has 2 aromatic rings. The van der Waals surface area contributed by atoms with E-state index < -0.39 is 0 Å². The lowest BCUT2D eigenvalue weighted by atomic mass is 10.2. The van der Waals surface area contributed by atoms with Crippen molar-refractivity contribution in [2.45, 2.75) is 19.3 Å². The molecular weight excluding hydrogens is 399 g/mol. The van der Waals surface area contributed by atoms with E-state index in [1.54, 1.807) is 59.3 Å². The first-order chi connectivity index (χ1) is 15.0. The fourth-order valence-corrected chi connectivity index (χ4v) is 3.46. The van der Waals surface area contributed by atoms with Crippen LogP contribution in [-0.4, -0.2) is 50.9 Å². The summed E-state index contributed by atoms with van der Waals surface area (Å²) >= 11 is 0. The van der Waals surface area contributed by atoms with Gasteiger partial charge in [0.25, 0.3) is 5.91 Å². The Balaban J connectivity index is 1.36. The minimum absolute atomic E-state index is 0.0916. The van der Waals surface area contributed by atoms with Gasteiger partial charge in [0.05, 0.1) is 12.2 Å². The molecule has 0 aliphatic carbocycles. The Bertz CT molecular complexity index is 933. The summed E-state index contributed by atoms with van der Waals surface area (Å²) in [5.41, 5.74) is 1.72. The van der Waals surface area contributed by atoms with Crippen molar-refractivity contribution < 1.29 is 18.8 Å². The highest BCUT2D eigenvalue weighted by Crippen LogP contribution is 2.21. The second-order valence-corrected chi connectivity index (χ2v) is 7.45. The van der Waals surface area contributed by atoms with Crippen molar-refractivity contribution >= 4 is 29.1 Å². The van der Waals surface area contributed by atoms with Gasteiger partial charge in [0.2, 0.25) is 11.8 Å². The molecule has 1 aliphatic rings. The van der Waals surface area contributed by atoms with Gasteiger partial charge >= 0.3 is 0 Å². The van der Waals surface area contributed by atoms with Crippen LogP contribution in [0, 0.1) is 5.82 Å². The van der Waals surface area contributed by atoms with Crippen LogP contribution in [0.2, 0.25) is 0 Å². The highest BCUT2D eigenvalue weighted by atomic mass is 19.1. The summed E-state index contributed by atoms with van der Waals surface area (Å²) in [6.45, 7) is 1.57. The topological polar surface area (TPSA) is 81.8 Å². The van der Waals surface area contributed by atoms with E-state index in [9.17, 15) is 18.8 Å². The van der Waals surface area contributed by atoms with Crippen LogP contribution in [0.25, 0.3) is 0 Å². The predicted octanol–water partition coefficient (Wildman–Crippen LogP) is 2.33. The zero-order chi connectivity index (χ0) is 22.2. The van der Waals surface area contributed by atoms with Gasteiger partial charge in [0, 0.05) is 44.4 Å². The molecule has 7 nitrogen and oxygen atoms in total. The van der Waals surface area contributed by atoms with E-state index in [-0.39, 0.29) is 30.1 Å². The third kappa shape index (κ3) is 6.04. The zero-order valence-corrected chi connectivity index (χ0v) is 17.6. The van der Waals surface area contributed by atoms with Gasteiger partial charge in [-0.2, -0.15) is 0 Å². The van der Waals surface area contributed by atoms with Crippen LogP contribution >= 0.6 is 0 Å². The van der Waals surface area contributed by atoms with E-state index in [2.05, 4.69) is 10.6 Å². The summed E-state index contributed by atoms with van der Waals surface area (Å²) < 4.78 is 13.7. The van der Waals surface area contributed by atoms with Crippen molar-refractivity contribution in [1.29, 1.82) is 0 Å². The molecule has 0 saturated carbocycles. The predicted molar refractivity (Wildman–Crippen MR) is 118 cm³/mol. The van der Waals surface area contributed by atoms with Crippen LogP contribution in [0.4, 0.5) is 15.8 Å². The largest absolute Gasteiger partial charge is 0.372 e. The summed E-state index contributed by atoms with van der Waals surface area (Å²) in [7, 11) is 1.80. The maximum Gasteiger partial charge on any atom is 0.251 e. The molecule has 3 rings (SSSR count). The van der Waals surface area contributed by atoms with Gasteiger partial charge < -0.3 is 20.4 Å². The minimum Gasteiger partial charge on any atom is -0.372 e. The molecule has 0 atom stereocenters. The normalized spacial score (nSPS) is 13.2. The monoisotopic (exact) mass is 426 g/mol. The fourth-order valence-electron chi connectivity index (χ4n) is 3.46. The molecule has 164 valence electrons. The molecule has 8 heteroatoms. The Hall–Kier alpha value is -3.42. The van der Waals surface area contributed by atoms with E-state index in [1.807, 2.05) is 0 Å². The molecule has 2 aromatic carbocycles. The Morgan fingerprint density at radius 2 is 1.84 bits per heavy atom. The number of amides is 3. The first kappa shape index (κ1) is 22.3. The van der Waals surface area contributed by atoms with Gasteiger partial charge in [-0.15, -0.1) is 0 Å². The number of benzene rings is 2. The number of nitrogens with zero attached hydrogens (tertiary/aromatic N) is 2. The highest BCUT2D eigenvalue weighted by molar-refractivity contribution is 5.98. The lowest BCUT2D eigenvalue weighted by Crippen LogP contribution is -2.38. The summed E-state index contributed by atoms with van der Waals surface area (Å²) in [6.07, 6.45) is 2.04. The van der Waals surface area contributed by atoms with Crippen molar-refractivity contribution in [3.63, 3.8) is 0 Å². The zero-order valence-electron chi connectivity index (χ0n) is 17.6. The van der Waals surface area contributed by atoms with Crippen LogP contribution in [0.3, 0.4) is 0 Å². The molecule has 1 aliphatic heterocycles. The van der Waals surface area contributed by atoms with Gasteiger partial charge in [-0.1, -0.05) is 12.1 Å². The van der Waals surface area contributed by atoms with E-state index in [0.29, 0.717) is 43.7 Å². The van der Waals surface area contributed by atoms with E-state index in [0.717, 1.165) is 12.1 Å². The Labute approximate surface area is 181 Å². The van der Waals surface area contributed by atoms with Crippen LogP contribution in [0.15, 0.2) is 48.5 Å². The average molecular weight is 426 g/mol. The molecule has 0 unspecified atom stereocenters. The second kappa shape index (κ2) is 10.6. The maximum absolute atomic E-state index is 13.7. The van der Waals surface area contributed by atoms with Gasteiger partial charge in [0.15, 0.2) is 0 Å². The van der Waals surface area contributed by atoms with E-state index in [4.69, 9.17) is 0 Å². The maximum atomic E-state index is 13.7. The van der Waals surface area contributed by atoms with Gasteiger partial charge in [-0.3, -0.25) is 14.4 Å². The lowest BCUT2D eigenvalue weighted by Gasteiger charge is -2.19. The number of nitrogens with one attached hydrogen (secondary N) is 2. The fraction of sp³-hybridized carbons (Fsp3) is 0.348. The molecule has 0 spiro atoms. The van der Waals surface area contributed by atoms with Crippen molar-refractivity contribution in [1.82, 2.24) is 10.6 Å². The SMILES string of the molecule is CN(CCCNC(=O)CNC(=O)c1ccc(N2CCCC2=O)cc1)c1ccccc1F. The number of para-hydroxylation sites is 1. The summed E-state index contributed by atoms with van der Waals surface area (Å²) in [4.78, 5) is 39.5. The van der Waals surface area contributed by atoms with Crippen molar-refractivity contribution in [3.8, 4) is 0 Å². The number of rotatable bonds is 9. The average Bonchev–Trinajstić information content (AvgIpc) is 3.21. The second-order valence-electron chi connectivity index (χ2n) is 7.45. The first-order valence-electron chi connectivity index (χ1n) is 10.4. The van der Waals surface area contributed by atoms with Crippen molar-refractivity contribution in [3.05, 3.63) is 59.9 Å². The van der Waals surface area contributed by atoms with Crippen LogP contribution < -0.4 is 20.4 Å². The van der Waals surface area contributed by atoms with Gasteiger partial charge in [-0.25, -0.2) is 4.39 Å². The molecule has 0 aromatic heterocycles. The molecule has 2 N–H and O–H groups in total. The molecule has 3 amide bonds. The number of anilines is 2. The summed E-state index contributed by atoms with van der Waals surface area (Å²) in [5.74, 6) is -0.833. The number of halogens is 1. The molecule has 0 radical (unpaired) electrons. The third-order valence-electron chi connectivity index (χ3n) is 5.18. The standard InChI is InChI=1S/C23H27FN4O3/c1-27(20-7-3-2-6-19(20)24)14-5-13-25-21(29)16-26-23(31)17-9-11-18(12-10-17)28-15-4-8-22(28)30/h2-3,6-7,9-12H,4-5,8,13-16H2,1H3,(H,25,29)(H,26,31). The summed E-state index contributed by atoms with van der Waals surface area (Å²) in [5, 5.41) is 5.33. The number of hydrogen-bond donors (Lipinski definition) is 2. The van der Waals surface area contributed by atoms with E-state index in [1.165, 1.54) is 6.07 Å². The number of carbonyl (C=O) groups is 3. The molecule has 31 heavy (non-hydrogen) atoms. The third-order valence-corrected chi connectivity index (χ3v) is 5.18. The summed E-state index contributed by atoms with van der Waals surface area (Å²) in [6, 6.07) is 13.3. The number of hydrogen-bond acceptors (Lipinski definition) is 4. The minimum atomic E-state index is -0.353. The van der Waals surface area contributed by atoms with Crippen molar-refractivity contribution in [2.24, 2.45) is 0 Å². The Morgan fingerprint density at radius 3 is 2.52 bits per heavy atom. The van der Waals surface area contributed by atoms with Gasteiger partial charge in [0.1, 0.15) is 5.82 Å². The first-order valence-corrected chi connectivity index (χ1v) is 10.4. The Kier molecular flexibility index (Phi) is 7.59. The molecule has 0 bridgehead atoms. The van der Waals surface area contributed by atoms with Crippen molar-refractivity contribution in [2.75, 3.05) is 43.0 Å². The highest BCUT2D eigenvalue weighted by Gasteiger charge is 2.21. The van der Waals surface area contributed by atoms with Gasteiger partial charge in [-0.05, 0) is 49.2 Å². The molecule has 1 saturated heterocycles. The number of carbonyl (C=O) groups excluding carboxylic acids is 3. The van der Waals surface area contributed by atoms with Crippen LogP contribution in [-0.2, 0) is 9.59 Å². The Morgan fingerprint density at radius 1 is 1.10 bits per heavy atom. The quantitative estimate of drug-likeness (QED) is 0.603. The smallest absolute Gasteiger partial charge is 0.251 e. The van der Waals surface area contributed by atoms with E-state index >= 15 is 0 Å². The molecule has 1 fully saturated rings. The van der Waals surface area contributed by atoms with Crippen LogP contribution in [0.5, 0.6) is 0 Å². The molecule has 1 heterocycles. The van der Waals surface area contributed by atoms with Crippen LogP contribution in [0.1, 0.15) is 29.6 Å².